The lowest BCUT2D eigenvalue weighted by atomic mass is 9.70. The van der Waals surface area contributed by atoms with Crippen molar-refractivity contribution in [2.45, 2.75) is 76.7 Å². The Morgan fingerprint density at radius 1 is 1.00 bits per heavy atom. The molecule has 0 radical (unpaired) electrons. The molecule has 3 rings (SSSR count). The lowest BCUT2D eigenvalue weighted by Crippen LogP contribution is -2.49. The lowest BCUT2D eigenvalue weighted by Gasteiger charge is -2.42. The fraction of sp³-hybridized carbons (Fsp3) is 1.00. The highest BCUT2D eigenvalue weighted by molar-refractivity contribution is 5.03. The van der Waals surface area contributed by atoms with E-state index in [1.54, 1.807) is 6.92 Å². The minimum Gasteiger partial charge on any atom is -0.362 e. The Hall–Kier alpha value is -0.250. The first-order valence-corrected chi connectivity index (χ1v) is 8.10. The maximum absolute atomic E-state index is 13.2. The summed E-state index contributed by atoms with van der Waals surface area (Å²) in [5, 5.41) is 0. The zero-order valence-corrected chi connectivity index (χ0v) is 12.4. The number of ether oxygens (including phenoxy) is 1. The first-order chi connectivity index (χ1) is 9.36. The van der Waals surface area contributed by atoms with E-state index in [9.17, 15) is 13.2 Å². The number of fused-ring (bicyclic) bond motifs is 5. The van der Waals surface area contributed by atoms with Crippen LogP contribution in [-0.4, -0.2) is 17.9 Å². The second kappa shape index (κ2) is 4.89. The first kappa shape index (κ1) is 14.7. The number of halogens is 3. The summed E-state index contributed by atoms with van der Waals surface area (Å²) < 4.78 is 45.3. The molecule has 3 fully saturated rings. The summed E-state index contributed by atoms with van der Waals surface area (Å²) in [5.41, 5.74) is -1.97. The van der Waals surface area contributed by atoms with Gasteiger partial charge < -0.3 is 4.74 Å². The summed E-state index contributed by atoms with van der Waals surface area (Å²) >= 11 is 0. The molecule has 6 atom stereocenters. The highest BCUT2D eigenvalue weighted by atomic mass is 19.4. The molecule has 4 heteroatoms. The molecule has 0 N–H and O–H groups in total. The van der Waals surface area contributed by atoms with Crippen LogP contribution in [0.15, 0.2) is 0 Å². The Kier molecular flexibility index (Phi) is 3.59. The van der Waals surface area contributed by atoms with Gasteiger partial charge in [0.05, 0.1) is 6.10 Å². The number of hydrogen-bond donors (Lipinski definition) is 0. The quantitative estimate of drug-likeness (QED) is 0.714. The van der Waals surface area contributed by atoms with Crippen molar-refractivity contribution < 1.29 is 17.9 Å². The van der Waals surface area contributed by atoms with Gasteiger partial charge >= 0.3 is 6.18 Å². The zero-order chi connectivity index (χ0) is 14.5. The summed E-state index contributed by atoms with van der Waals surface area (Å²) in [6.45, 7) is 2.79. The van der Waals surface area contributed by atoms with Gasteiger partial charge in [0.2, 0.25) is 0 Å². The van der Waals surface area contributed by atoms with E-state index in [2.05, 4.69) is 0 Å². The zero-order valence-electron chi connectivity index (χ0n) is 12.4. The molecule has 116 valence electrons. The molecule has 3 aliphatic rings. The van der Waals surface area contributed by atoms with Gasteiger partial charge in [-0.25, -0.2) is 0 Å². The average molecular weight is 290 g/mol. The van der Waals surface area contributed by atoms with Crippen LogP contribution in [0.4, 0.5) is 13.2 Å². The van der Waals surface area contributed by atoms with Crippen LogP contribution in [0.5, 0.6) is 0 Å². The smallest absolute Gasteiger partial charge is 0.362 e. The van der Waals surface area contributed by atoms with Crippen molar-refractivity contribution in [3.8, 4) is 0 Å². The SMILES string of the molecule is CCC(C)(OC1CC2CC1C1CCCCC21)C(F)(F)F. The molecule has 0 aromatic rings. The highest BCUT2D eigenvalue weighted by Gasteiger charge is 2.58. The van der Waals surface area contributed by atoms with E-state index in [1.807, 2.05) is 0 Å². The van der Waals surface area contributed by atoms with Gasteiger partial charge in [0.15, 0.2) is 5.60 Å². The third-order valence-electron chi connectivity index (χ3n) is 6.30. The molecule has 0 aromatic heterocycles. The topological polar surface area (TPSA) is 9.23 Å². The molecule has 0 aliphatic heterocycles. The monoisotopic (exact) mass is 290 g/mol. The van der Waals surface area contributed by atoms with Crippen molar-refractivity contribution in [2.75, 3.05) is 0 Å². The van der Waals surface area contributed by atoms with Crippen LogP contribution in [0.1, 0.15) is 58.8 Å². The maximum Gasteiger partial charge on any atom is 0.417 e. The van der Waals surface area contributed by atoms with Crippen molar-refractivity contribution in [1.29, 1.82) is 0 Å². The van der Waals surface area contributed by atoms with Gasteiger partial charge in [-0.15, -0.1) is 0 Å². The van der Waals surface area contributed by atoms with Crippen LogP contribution in [0.3, 0.4) is 0 Å². The minimum absolute atomic E-state index is 0.00151. The van der Waals surface area contributed by atoms with E-state index in [1.165, 1.54) is 32.6 Å². The molecule has 0 heterocycles. The van der Waals surface area contributed by atoms with Gasteiger partial charge in [-0.2, -0.15) is 13.2 Å². The Balaban J connectivity index is 1.71. The summed E-state index contributed by atoms with van der Waals surface area (Å²) in [6.07, 6.45) is 2.60. The third-order valence-corrected chi connectivity index (χ3v) is 6.30. The Morgan fingerprint density at radius 2 is 1.65 bits per heavy atom. The van der Waals surface area contributed by atoms with Crippen LogP contribution in [0.2, 0.25) is 0 Å². The van der Waals surface area contributed by atoms with Gasteiger partial charge in [-0.05, 0) is 62.7 Å². The second-order valence-corrected chi connectivity index (χ2v) is 7.25. The standard InChI is InChI=1S/C16H25F3O/c1-3-15(2,16(17,18)19)20-14-9-10-8-13(14)12-7-5-4-6-11(10)12/h10-14H,3-9H2,1-2H3. The molecule has 2 bridgehead atoms. The van der Waals surface area contributed by atoms with Crippen molar-refractivity contribution in [3.63, 3.8) is 0 Å². The first-order valence-electron chi connectivity index (χ1n) is 8.10. The van der Waals surface area contributed by atoms with Crippen LogP contribution in [-0.2, 0) is 4.74 Å². The van der Waals surface area contributed by atoms with Gasteiger partial charge in [-0.3, -0.25) is 0 Å². The summed E-state index contributed by atoms with van der Waals surface area (Å²) in [7, 11) is 0. The summed E-state index contributed by atoms with van der Waals surface area (Å²) in [5.74, 6) is 2.44. The second-order valence-electron chi connectivity index (χ2n) is 7.25. The molecule has 0 saturated heterocycles. The normalized spacial score (nSPS) is 43.4. The van der Waals surface area contributed by atoms with E-state index in [-0.39, 0.29) is 12.5 Å². The molecule has 0 amide bonds. The Bertz CT molecular complexity index is 367. The van der Waals surface area contributed by atoms with E-state index in [0.717, 1.165) is 18.8 Å². The minimum atomic E-state index is -4.27. The van der Waals surface area contributed by atoms with Crippen molar-refractivity contribution >= 4 is 0 Å². The van der Waals surface area contributed by atoms with Crippen molar-refractivity contribution in [1.82, 2.24) is 0 Å². The van der Waals surface area contributed by atoms with Gasteiger partial charge in [-0.1, -0.05) is 19.8 Å². The number of hydrogen-bond acceptors (Lipinski definition) is 1. The molecular formula is C16H25F3O. The molecule has 20 heavy (non-hydrogen) atoms. The summed E-state index contributed by atoms with van der Waals surface area (Å²) in [4.78, 5) is 0. The van der Waals surface area contributed by atoms with E-state index < -0.39 is 11.8 Å². The highest BCUT2D eigenvalue weighted by Crippen LogP contribution is 2.59. The lowest BCUT2D eigenvalue weighted by molar-refractivity contribution is -0.291. The molecule has 0 spiro atoms. The summed E-state index contributed by atoms with van der Waals surface area (Å²) in [6, 6.07) is 0. The predicted molar refractivity (Wildman–Crippen MR) is 71.3 cm³/mol. The van der Waals surface area contributed by atoms with Crippen LogP contribution in [0.25, 0.3) is 0 Å². The van der Waals surface area contributed by atoms with Gasteiger partial charge in [0.25, 0.3) is 0 Å². The van der Waals surface area contributed by atoms with Crippen molar-refractivity contribution in [3.05, 3.63) is 0 Å². The fourth-order valence-corrected chi connectivity index (χ4v) is 5.00. The molecule has 3 aliphatic carbocycles. The van der Waals surface area contributed by atoms with Gasteiger partial charge in [0, 0.05) is 0 Å². The van der Waals surface area contributed by atoms with Crippen LogP contribution >= 0.6 is 0 Å². The molecule has 1 nitrogen and oxygen atoms in total. The number of rotatable bonds is 3. The molecule has 3 saturated carbocycles. The van der Waals surface area contributed by atoms with E-state index >= 15 is 0 Å². The van der Waals surface area contributed by atoms with E-state index in [0.29, 0.717) is 17.8 Å². The average Bonchev–Trinajstić information content (AvgIpc) is 2.96. The third kappa shape index (κ3) is 2.18. The molecular weight excluding hydrogens is 265 g/mol. The Labute approximate surface area is 119 Å². The molecule has 6 unspecified atom stereocenters. The number of alkyl halides is 3. The predicted octanol–water partition coefficient (Wildman–Crippen LogP) is 4.95. The van der Waals surface area contributed by atoms with Gasteiger partial charge in [0.1, 0.15) is 0 Å². The van der Waals surface area contributed by atoms with E-state index in [4.69, 9.17) is 4.74 Å². The maximum atomic E-state index is 13.2. The fourth-order valence-electron chi connectivity index (χ4n) is 5.00. The largest absolute Gasteiger partial charge is 0.417 e. The van der Waals surface area contributed by atoms with Crippen LogP contribution < -0.4 is 0 Å². The van der Waals surface area contributed by atoms with Crippen LogP contribution in [0, 0.1) is 23.7 Å². The van der Waals surface area contributed by atoms with Crippen molar-refractivity contribution in [2.24, 2.45) is 23.7 Å². The Morgan fingerprint density at radius 3 is 2.25 bits per heavy atom. The molecule has 0 aromatic carbocycles.